The predicted octanol–water partition coefficient (Wildman–Crippen LogP) is 4.57. The van der Waals surface area contributed by atoms with Crippen molar-refractivity contribution in [3.8, 4) is 0 Å². The molecule has 5 nitrogen and oxygen atoms in total. The summed E-state index contributed by atoms with van der Waals surface area (Å²) in [5.74, 6) is 0.146. The minimum Gasteiger partial charge on any atom is -0.371 e. The Kier molecular flexibility index (Phi) is 5.21. The highest BCUT2D eigenvalue weighted by Crippen LogP contribution is 2.34. The molecule has 4 aromatic rings. The van der Waals surface area contributed by atoms with Gasteiger partial charge in [0.2, 0.25) is 0 Å². The number of carbonyl (C=O) groups excluding carboxylic acids is 1. The van der Waals surface area contributed by atoms with Gasteiger partial charge in [-0.2, -0.15) is 10.2 Å². The van der Waals surface area contributed by atoms with Crippen LogP contribution in [0.4, 0.5) is 10.1 Å². The normalized spacial score (nSPS) is 19.6. The van der Waals surface area contributed by atoms with Crippen molar-refractivity contribution < 1.29 is 9.18 Å². The second-order valence-corrected chi connectivity index (χ2v) is 9.34. The van der Waals surface area contributed by atoms with Gasteiger partial charge in [-0.3, -0.25) is 4.79 Å². The van der Waals surface area contributed by atoms with Crippen LogP contribution in [0, 0.1) is 17.7 Å². The van der Waals surface area contributed by atoms with Crippen molar-refractivity contribution in [3.05, 3.63) is 102 Å². The smallest absolute Gasteiger partial charge is 0.256 e. The Morgan fingerprint density at radius 2 is 1.65 bits per heavy atom. The lowest BCUT2D eigenvalue weighted by Crippen LogP contribution is -2.33. The molecule has 3 aromatic carbocycles. The second-order valence-electron chi connectivity index (χ2n) is 9.34. The van der Waals surface area contributed by atoms with Crippen LogP contribution < -0.4 is 4.90 Å². The number of carbonyl (C=O) groups is 1. The lowest BCUT2D eigenvalue weighted by Gasteiger charge is -2.23. The summed E-state index contributed by atoms with van der Waals surface area (Å²) in [4.78, 5) is 17.5. The topological polar surface area (TPSA) is 49.3 Å². The fourth-order valence-corrected chi connectivity index (χ4v) is 5.44. The molecule has 1 aromatic heterocycles. The van der Waals surface area contributed by atoms with E-state index in [-0.39, 0.29) is 11.5 Å². The monoisotopic (exact) mass is 452 g/mol. The van der Waals surface area contributed by atoms with Crippen LogP contribution >= 0.6 is 0 Å². The molecular weight excluding hydrogens is 427 g/mol. The van der Waals surface area contributed by atoms with Crippen LogP contribution in [0.15, 0.2) is 79.0 Å². The Balaban J connectivity index is 1.19. The van der Waals surface area contributed by atoms with E-state index in [1.54, 1.807) is 18.3 Å². The van der Waals surface area contributed by atoms with Crippen molar-refractivity contribution in [2.24, 2.45) is 11.8 Å². The van der Waals surface area contributed by atoms with E-state index in [0.717, 1.165) is 35.1 Å². The summed E-state index contributed by atoms with van der Waals surface area (Å²) < 4.78 is 14.8. The Bertz CT molecular complexity index is 1340. The first-order valence-corrected chi connectivity index (χ1v) is 11.7. The van der Waals surface area contributed by atoms with Crippen molar-refractivity contribution in [1.82, 2.24) is 15.1 Å². The van der Waals surface area contributed by atoms with E-state index < -0.39 is 5.82 Å². The van der Waals surface area contributed by atoms with Gasteiger partial charge in [-0.15, -0.1) is 0 Å². The molecule has 0 bridgehead atoms. The van der Waals surface area contributed by atoms with Gasteiger partial charge in [0.05, 0.1) is 17.5 Å². The lowest BCUT2D eigenvalue weighted by atomic mass is 10.0. The number of hydrogen-bond acceptors (Lipinski definition) is 4. The third kappa shape index (κ3) is 3.79. The minimum absolute atomic E-state index is 0.144. The summed E-state index contributed by atoms with van der Waals surface area (Å²) in [5.41, 5.74) is 3.04. The Morgan fingerprint density at radius 1 is 0.912 bits per heavy atom. The van der Waals surface area contributed by atoms with Gasteiger partial charge in [0, 0.05) is 60.9 Å². The van der Waals surface area contributed by atoms with Crippen molar-refractivity contribution >= 4 is 22.4 Å². The van der Waals surface area contributed by atoms with Gasteiger partial charge in [-0.1, -0.05) is 48.5 Å². The highest BCUT2D eigenvalue weighted by Gasteiger charge is 2.42. The number of anilines is 1. The largest absolute Gasteiger partial charge is 0.371 e. The molecule has 170 valence electrons. The average Bonchev–Trinajstić information content (AvgIpc) is 3.45. The van der Waals surface area contributed by atoms with Gasteiger partial charge in [0.1, 0.15) is 5.82 Å². The molecule has 0 saturated carbocycles. The molecule has 0 radical (unpaired) electrons. The standard InChI is InChI=1S/C28H25FN4O/c29-26-11-10-19(13-27-24-9-5-4-6-20(24)14-30-31-27)12-25(26)28(34)33-17-21-15-32(16-22(21)18-33)23-7-2-1-3-8-23/h1-12,14,21-22H,13,15-18H2. The predicted molar refractivity (Wildman–Crippen MR) is 130 cm³/mol. The zero-order chi connectivity index (χ0) is 23.1. The number of nitrogens with zero attached hydrogens (tertiary/aromatic N) is 4. The van der Waals surface area contributed by atoms with Gasteiger partial charge in [0.25, 0.3) is 5.91 Å². The molecule has 34 heavy (non-hydrogen) atoms. The number of amides is 1. The van der Waals surface area contributed by atoms with Gasteiger partial charge >= 0.3 is 0 Å². The van der Waals surface area contributed by atoms with Gasteiger partial charge in [0.15, 0.2) is 0 Å². The molecule has 0 spiro atoms. The first-order valence-electron chi connectivity index (χ1n) is 11.7. The first kappa shape index (κ1) is 20.8. The van der Waals surface area contributed by atoms with Crippen LogP contribution in [-0.2, 0) is 6.42 Å². The van der Waals surface area contributed by atoms with Crippen LogP contribution in [0.1, 0.15) is 21.6 Å². The summed E-state index contributed by atoms with van der Waals surface area (Å²) in [6.07, 6.45) is 2.23. The first-order chi connectivity index (χ1) is 16.7. The summed E-state index contributed by atoms with van der Waals surface area (Å²) in [5, 5.41) is 10.4. The maximum Gasteiger partial charge on any atom is 0.256 e. The SMILES string of the molecule is O=C(c1cc(Cc2nncc3ccccc23)ccc1F)N1CC2CN(c3ccccc3)CC2C1. The lowest BCUT2D eigenvalue weighted by molar-refractivity contribution is 0.0778. The fraction of sp³-hybridized carbons (Fsp3) is 0.250. The van der Waals surface area contributed by atoms with Crippen LogP contribution in [0.3, 0.4) is 0 Å². The van der Waals surface area contributed by atoms with Crippen molar-refractivity contribution in [2.75, 3.05) is 31.1 Å². The third-order valence-electron chi connectivity index (χ3n) is 7.17. The minimum atomic E-state index is -0.472. The molecule has 2 atom stereocenters. The van der Waals surface area contributed by atoms with Gasteiger partial charge in [-0.25, -0.2) is 4.39 Å². The fourth-order valence-electron chi connectivity index (χ4n) is 5.44. The van der Waals surface area contributed by atoms with Crippen LogP contribution in [0.25, 0.3) is 10.8 Å². The summed E-state index contributed by atoms with van der Waals surface area (Å²) in [6, 6.07) is 23.1. The third-order valence-corrected chi connectivity index (χ3v) is 7.17. The number of aromatic nitrogens is 2. The van der Waals surface area contributed by atoms with Gasteiger partial charge in [-0.05, 0) is 29.8 Å². The van der Waals surface area contributed by atoms with Gasteiger partial charge < -0.3 is 9.80 Å². The molecule has 0 aliphatic carbocycles. The van der Waals surface area contributed by atoms with Crippen molar-refractivity contribution in [3.63, 3.8) is 0 Å². The molecule has 3 heterocycles. The molecule has 0 N–H and O–H groups in total. The summed E-state index contributed by atoms with van der Waals surface area (Å²) in [7, 11) is 0. The quantitative estimate of drug-likeness (QED) is 0.455. The number of likely N-dealkylation sites (tertiary alicyclic amines) is 1. The molecule has 2 aliphatic rings. The van der Waals surface area contributed by atoms with E-state index in [2.05, 4.69) is 39.4 Å². The average molecular weight is 453 g/mol. The van der Waals surface area contributed by atoms with E-state index >= 15 is 0 Å². The highest BCUT2D eigenvalue weighted by molar-refractivity contribution is 5.95. The number of fused-ring (bicyclic) bond motifs is 2. The molecule has 2 unspecified atom stereocenters. The zero-order valence-electron chi connectivity index (χ0n) is 18.8. The summed E-state index contributed by atoms with van der Waals surface area (Å²) in [6.45, 7) is 3.21. The molecule has 2 fully saturated rings. The van der Waals surface area contributed by atoms with Crippen molar-refractivity contribution in [2.45, 2.75) is 6.42 Å². The Hall–Kier alpha value is -3.80. The van der Waals surface area contributed by atoms with Crippen molar-refractivity contribution in [1.29, 1.82) is 0 Å². The highest BCUT2D eigenvalue weighted by atomic mass is 19.1. The second kappa shape index (κ2) is 8.52. The maximum atomic E-state index is 14.8. The molecule has 2 aliphatic heterocycles. The number of benzene rings is 3. The van der Waals surface area contributed by atoms with Crippen LogP contribution in [0.2, 0.25) is 0 Å². The molecule has 2 saturated heterocycles. The van der Waals surface area contributed by atoms with E-state index in [1.807, 2.05) is 35.2 Å². The summed E-state index contributed by atoms with van der Waals surface area (Å²) >= 11 is 0. The maximum absolute atomic E-state index is 14.8. The van der Waals surface area contributed by atoms with E-state index in [9.17, 15) is 9.18 Å². The van der Waals surface area contributed by atoms with E-state index in [1.165, 1.54) is 11.8 Å². The number of hydrogen-bond donors (Lipinski definition) is 0. The molecule has 6 heteroatoms. The molecular formula is C28H25FN4O. The van der Waals surface area contributed by atoms with E-state index in [0.29, 0.717) is 31.3 Å². The zero-order valence-corrected chi connectivity index (χ0v) is 18.8. The molecule has 1 amide bonds. The van der Waals surface area contributed by atoms with Crippen LogP contribution in [-0.4, -0.2) is 47.2 Å². The number of halogens is 1. The van der Waals surface area contributed by atoms with E-state index in [4.69, 9.17) is 0 Å². The number of rotatable bonds is 4. The van der Waals surface area contributed by atoms with Crippen LogP contribution in [0.5, 0.6) is 0 Å². The molecule has 6 rings (SSSR count). The Morgan fingerprint density at radius 3 is 2.44 bits per heavy atom. The Labute approximate surface area is 197 Å². The number of para-hydroxylation sites is 1.